The van der Waals surface area contributed by atoms with Crippen LogP contribution in [0.3, 0.4) is 0 Å². The lowest BCUT2D eigenvalue weighted by Crippen LogP contribution is -2.50. The largest absolute Gasteiger partial charge is 0.445 e. The Balaban J connectivity index is 1.55. The molecule has 1 saturated carbocycles. The first kappa shape index (κ1) is 15.3. The number of ether oxygens (including phenoxy) is 1. The monoisotopic (exact) mass is 309 g/mol. The molecular weight excluding hydrogens is 290 g/mol. The number of Topliss-reactive ketones (excluding diaryl/α,β-unsaturated/α-hetero) is 1. The van der Waals surface area contributed by atoms with Gasteiger partial charge in [-0.2, -0.15) is 0 Å². The van der Waals surface area contributed by atoms with E-state index in [0.717, 1.165) is 11.1 Å². The van der Waals surface area contributed by atoms with Gasteiger partial charge in [0.15, 0.2) is 0 Å². The number of ketones is 1. The third-order valence-electron chi connectivity index (χ3n) is 4.24. The first-order valence-corrected chi connectivity index (χ1v) is 7.70. The zero-order chi connectivity index (χ0) is 16.1. The first-order chi connectivity index (χ1) is 11.2. The minimum Gasteiger partial charge on any atom is -0.445 e. The molecule has 118 valence electrons. The molecule has 1 fully saturated rings. The fraction of sp³-hybridized carbons (Fsp3) is 0.263. The smallest absolute Gasteiger partial charge is 0.407 e. The summed E-state index contributed by atoms with van der Waals surface area (Å²) in [6, 6.07) is 19.4. The predicted molar refractivity (Wildman–Crippen MR) is 87.0 cm³/mol. The molecule has 0 saturated heterocycles. The molecule has 0 aliphatic heterocycles. The van der Waals surface area contributed by atoms with Crippen LogP contribution in [0.5, 0.6) is 0 Å². The van der Waals surface area contributed by atoms with E-state index in [0.29, 0.717) is 19.4 Å². The minimum atomic E-state index is -0.455. The number of amides is 1. The average molecular weight is 309 g/mol. The second kappa shape index (κ2) is 6.65. The van der Waals surface area contributed by atoms with Gasteiger partial charge in [-0.1, -0.05) is 60.7 Å². The van der Waals surface area contributed by atoms with Crippen molar-refractivity contribution in [2.24, 2.45) is 0 Å². The van der Waals surface area contributed by atoms with Crippen molar-refractivity contribution in [2.75, 3.05) is 6.54 Å². The number of benzene rings is 2. The van der Waals surface area contributed by atoms with Crippen LogP contribution in [0.2, 0.25) is 0 Å². The summed E-state index contributed by atoms with van der Waals surface area (Å²) >= 11 is 0. The molecule has 4 heteroatoms. The summed E-state index contributed by atoms with van der Waals surface area (Å²) in [6.07, 6.45) is 0.481. The molecule has 23 heavy (non-hydrogen) atoms. The standard InChI is InChI=1S/C19H19NO3/c21-17-11-19(12-17,16-9-5-2-6-10-16)14-20-18(22)23-13-15-7-3-1-4-8-15/h1-10H,11-14H2,(H,20,22). The third-order valence-corrected chi connectivity index (χ3v) is 4.24. The summed E-state index contributed by atoms with van der Waals surface area (Å²) in [7, 11) is 0. The van der Waals surface area contributed by atoms with Crippen LogP contribution < -0.4 is 5.32 Å². The van der Waals surface area contributed by atoms with Gasteiger partial charge in [0.25, 0.3) is 0 Å². The van der Waals surface area contributed by atoms with Crippen molar-refractivity contribution in [1.29, 1.82) is 0 Å². The van der Waals surface area contributed by atoms with Gasteiger partial charge in [-0.05, 0) is 11.1 Å². The second-order valence-corrected chi connectivity index (χ2v) is 5.95. The topological polar surface area (TPSA) is 55.4 Å². The van der Waals surface area contributed by atoms with Gasteiger partial charge in [-0.3, -0.25) is 4.79 Å². The van der Waals surface area contributed by atoms with Gasteiger partial charge in [-0.15, -0.1) is 0 Å². The van der Waals surface area contributed by atoms with Crippen LogP contribution in [0.25, 0.3) is 0 Å². The molecule has 2 aromatic rings. The van der Waals surface area contributed by atoms with E-state index in [1.807, 2.05) is 60.7 Å². The maximum atomic E-state index is 11.9. The molecule has 0 atom stereocenters. The predicted octanol–water partition coefficient (Wildman–Crippen LogP) is 3.21. The van der Waals surface area contributed by atoms with Gasteiger partial charge >= 0.3 is 6.09 Å². The van der Waals surface area contributed by atoms with E-state index >= 15 is 0 Å². The summed E-state index contributed by atoms with van der Waals surface area (Å²) in [5.74, 6) is 0.230. The Hall–Kier alpha value is -2.62. The molecule has 1 aliphatic rings. The summed E-state index contributed by atoms with van der Waals surface area (Å²) in [6.45, 7) is 0.653. The number of hydrogen-bond acceptors (Lipinski definition) is 3. The van der Waals surface area contributed by atoms with E-state index in [1.54, 1.807) is 0 Å². The molecule has 1 N–H and O–H groups in total. The Morgan fingerprint density at radius 3 is 2.22 bits per heavy atom. The Labute approximate surface area is 135 Å². The van der Waals surface area contributed by atoms with Gasteiger partial charge < -0.3 is 10.1 Å². The Bertz CT molecular complexity index is 674. The summed E-state index contributed by atoms with van der Waals surface area (Å²) < 4.78 is 5.22. The molecule has 0 spiro atoms. The highest BCUT2D eigenvalue weighted by molar-refractivity contribution is 5.89. The molecule has 1 amide bonds. The molecule has 4 nitrogen and oxygen atoms in total. The fourth-order valence-electron chi connectivity index (χ4n) is 2.94. The van der Waals surface area contributed by atoms with E-state index in [2.05, 4.69) is 5.32 Å². The maximum Gasteiger partial charge on any atom is 0.407 e. The number of carbonyl (C=O) groups excluding carboxylic acids is 2. The van der Waals surface area contributed by atoms with Crippen LogP contribution in [0.15, 0.2) is 60.7 Å². The first-order valence-electron chi connectivity index (χ1n) is 7.70. The molecule has 3 rings (SSSR count). The second-order valence-electron chi connectivity index (χ2n) is 5.95. The van der Waals surface area contributed by atoms with Gasteiger partial charge in [0, 0.05) is 24.8 Å². The SMILES string of the molecule is O=C1CC(CNC(=O)OCc2ccccc2)(c2ccccc2)C1. The van der Waals surface area contributed by atoms with Crippen LogP contribution in [0, 0.1) is 0 Å². The number of nitrogens with one attached hydrogen (secondary N) is 1. The number of hydrogen-bond donors (Lipinski definition) is 1. The van der Waals surface area contributed by atoms with Crippen molar-refractivity contribution in [2.45, 2.75) is 24.9 Å². The van der Waals surface area contributed by atoms with Crippen molar-refractivity contribution < 1.29 is 14.3 Å². The van der Waals surface area contributed by atoms with Crippen LogP contribution >= 0.6 is 0 Å². The highest BCUT2D eigenvalue weighted by atomic mass is 16.5. The minimum absolute atomic E-state index is 0.230. The zero-order valence-electron chi connectivity index (χ0n) is 12.8. The summed E-state index contributed by atoms with van der Waals surface area (Å²) in [5, 5.41) is 2.80. The highest BCUT2D eigenvalue weighted by Crippen LogP contribution is 2.40. The highest BCUT2D eigenvalue weighted by Gasteiger charge is 2.44. The lowest BCUT2D eigenvalue weighted by molar-refractivity contribution is -0.128. The lowest BCUT2D eigenvalue weighted by atomic mass is 9.63. The van der Waals surface area contributed by atoms with Crippen molar-refractivity contribution in [3.8, 4) is 0 Å². The molecule has 0 radical (unpaired) electrons. The molecule has 0 aromatic heterocycles. The van der Waals surface area contributed by atoms with E-state index < -0.39 is 6.09 Å². The van der Waals surface area contributed by atoms with Gasteiger partial charge in [0.2, 0.25) is 0 Å². The number of rotatable bonds is 5. The van der Waals surface area contributed by atoms with E-state index in [4.69, 9.17) is 4.74 Å². The lowest BCUT2D eigenvalue weighted by Gasteiger charge is -2.41. The molecule has 0 unspecified atom stereocenters. The van der Waals surface area contributed by atoms with Gasteiger partial charge in [0.05, 0.1) is 0 Å². The Morgan fingerprint density at radius 2 is 1.61 bits per heavy atom. The van der Waals surface area contributed by atoms with Crippen LogP contribution in [-0.4, -0.2) is 18.4 Å². The molecular formula is C19H19NO3. The number of alkyl carbamates (subject to hydrolysis) is 1. The molecule has 0 heterocycles. The fourth-order valence-corrected chi connectivity index (χ4v) is 2.94. The number of carbonyl (C=O) groups is 2. The van der Waals surface area contributed by atoms with E-state index in [9.17, 15) is 9.59 Å². The van der Waals surface area contributed by atoms with Gasteiger partial charge in [-0.25, -0.2) is 4.79 Å². The van der Waals surface area contributed by atoms with Crippen LogP contribution in [0.1, 0.15) is 24.0 Å². The van der Waals surface area contributed by atoms with Crippen LogP contribution in [-0.2, 0) is 21.6 Å². The zero-order valence-corrected chi connectivity index (χ0v) is 12.8. The molecule has 0 bridgehead atoms. The van der Waals surface area contributed by atoms with Gasteiger partial charge in [0.1, 0.15) is 12.4 Å². The van der Waals surface area contributed by atoms with E-state index in [1.165, 1.54) is 0 Å². The molecule has 1 aliphatic carbocycles. The van der Waals surface area contributed by atoms with Crippen molar-refractivity contribution in [1.82, 2.24) is 5.32 Å². The quantitative estimate of drug-likeness (QED) is 0.922. The Morgan fingerprint density at radius 1 is 1.00 bits per heavy atom. The van der Waals surface area contributed by atoms with Crippen molar-refractivity contribution in [3.63, 3.8) is 0 Å². The van der Waals surface area contributed by atoms with Crippen molar-refractivity contribution >= 4 is 11.9 Å². The third kappa shape index (κ3) is 3.59. The van der Waals surface area contributed by atoms with Crippen LogP contribution in [0.4, 0.5) is 4.79 Å². The normalized spacial score (nSPS) is 15.6. The maximum absolute atomic E-state index is 11.9. The van der Waals surface area contributed by atoms with Crippen molar-refractivity contribution in [3.05, 3.63) is 71.8 Å². The summed E-state index contributed by atoms with van der Waals surface area (Å²) in [5.41, 5.74) is 1.74. The van der Waals surface area contributed by atoms with E-state index in [-0.39, 0.29) is 17.8 Å². The molecule has 2 aromatic carbocycles. The Kier molecular flexibility index (Phi) is 4.42. The summed E-state index contributed by atoms with van der Waals surface area (Å²) in [4.78, 5) is 23.4. The average Bonchev–Trinajstić information content (AvgIpc) is 2.57.